The maximum Gasteiger partial charge on any atom is 0.338 e. The van der Waals surface area contributed by atoms with Crippen molar-refractivity contribution < 1.29 is 23.7 Å². The van der Waals surface area contributed by atoms with Crippen LogP contribution in [0.1, 0.15) is 50.4 Å². The van der Waals surface area contributed by atoms with Crippen LogP contribution in [0.4, 0.5) is 0 Å². The molecule has 1 atom stereocenters. The van der Waals surface area contributed by atoms with Gasteiger partial charge in [-0.25, -0.2) is 9.79 Å². The lowest BCUT2D eigenvalue weighted by Gasteiger charge is -2.24. The van der Waals surface area contributed by atoms with Gasteiger partial charge in [0.1, 0.15) is 12.4 Å². The minimum Gasteiger partial charge on any atom is -0.494 e. The zero-order valence-electron chi connectivity index (χ0n) is 25.0. The number of hydrogen-bond donors (Lipinski definition) is 0. The van der Waals surface area contributed by atoms with Crippen LogP contribution in [-0.2, 0) is 16.1 Å². The van der Waals surface area contributed by atoms with Gasteiger partial charge in [0.25, 0.3) is 5.56 Å². The Morgan fingerprint density at radius 1 is 0.955 bits per heavy atom. The molecule has 0 N–H and O–H groups in total. The van der Waals surface area contributed by atoms with Crippen LogP contribution in [-0.4, -0.2) is 30.4 Å². The Morgan fingerprint density at radius 2 is 1.73 bits per heavy atom. The van der Waals surface area contributed by atoms with E-state index in [1.807, 2.05) is 80.6 Å². The first-order valence-electron chi connectivity index (χ1n) is 14.4. The Bertz CT molecular complexity index is 1880. The van der Waals surface area contributed by atoms with Crippen LogP contribution in [0, 0.1) is 0 Å². The average Bonchev–Trinajstić information content (AvgIpc) is 3.30. The van der Waals surface area contributed by atoms with Crippen LogP contribution in [0.25, 0.3) is 6.08 Å². The molecule has 0 unspecified atom stereocenters. The molecule has 0 amide bonds. The molecule has 0 saturated carbocycles. The number of esters is 1. The van der Waals surface area contributed by atoms with Crippen LogP contribution in [0.15, 0.2) is 87.8 Å². The maximum atomic E-state index is 14.0. The Labute approximate surface area is 264 Å². The van der Waals surface area contributed by atoms with Crippen LogP contribution >= 0.6 is 22.9 Å². The average molecular weight is 633 g/mol. The van der Waals surface area contributed by atoms with Crippen molar-refractivity contribution in [2.24, 2.45) is 4.99 Å². The molecule has 0 aliphatic carbocycles. The van der Waals surface area contributed by atoms with Crippen molar-refractivity contribution in [2.45, 2.75) is 40.3 Å². The van der Waals surface area contributed by atoms with Gasteiger partial charge in [0.15, 0.2) is 16.3 Å². The molecular formula is C34H33ClN2O6S. The molecule has 1 aliphatic heterocycles. The van der Waals surface area contributed by atoms with Gasteiger partial charge in [0.2, 0.25) is 0 Å². The summed E-state index contributed by atoms with van der Waals surface area (Å²) in [5.74, 6) is 1.34. The van der Waals surface area contributed by atoms with Crippen molar-refractivity contribution in [2.75, 3.05) is 19.8 Å². The van der Waals surface area contributed by atoms with Crippen molar-refractivity contribution in [3.05, 3.63) is 119 Å². The van der Waals surface area contributed by atoms with Gasteiger partial charge in [-0.1, -0.05) is 53.3 Å². The smallest absolute Gasteiger partial charge is 0.338 e. The van der Waals surface area contributed by atoms with Gasteiger partial charge >= 0.3 is 5.97 Å². The summed E-state index contributed by atoms with van der Waals surface area (Å²) in [6.07, 6.45) is 1.80. The van der Waals surface area contributed by atoms with Gasteiger partial charge in [-0.2, -0.15) is 0 Å². The maximum absolute atomic E-state index is 14.0. The highest BCUT2D eigenvalue weighted by molar-refractivity contribution is 7.07. The first kappa shape index (κ1) is 31.1. The highest BCUT2D eigenvalue weighted by Crippen LogP contribution is 2.32. The van der Waals surface area contributed by atoms with Crippen LogP contribution in [0.3, 0.4) is 0 Å². The van der Waals surface area contributed by atoms with Crippen LogP contribution in [0.2, 0.25) is 5.02 Å². The lowest BCUT2D eigenvalue weighted by Crippen LogP contribution is -2.39. The van der Waals surface area contributed by atoms with Crippen molar-refractivity contribution in [1.82, 2.24) is 4.57 Å². The second-order valence-electron chi connectivity index (χ2n) is 9.86. The van der Waals surface area contributed by atoms with E-state index in [0.29, 0.717) is 62.7 Å². The summed E-state index contributed by atoms with van der Waals surface area (Å²) in [6, 6.07) is 19.7. The molecule has 8 nitrogen and oxygen atoms in total. The highest BCUT2D eigenvalue weighted by atomic mass is 35.5. The summed E-state index contributed by atoms with van der Waals surface area (Å²) in [5, 5.41) is 0.641. The number of benzene rings is 3. The predicted octanol–water partition coefficient (Wildman–Crippen LogP) is 5.83. The number of rotatable bonds is 11. The van der Waals surface area contributed by atoms with Crippen molar-refractivity contribution in [3.63, 3.8) is 0 Å². The molecule has 3 aromatic carbocycles. The van der Waals surface area contributed by atoms with E-state index in [-0.39, 0.29) is 12.2 Å². The van der Waals surface area contributed by atoms with E-state index in [2.05, 4.69) is 4.99 Å². The third-order valence-corrected chi connectivity index (χ3v) is 8.09. The van der Waals surface area contributed by atoms with Crippen molar-refractivity contribution >= 4 is 35.0 Å². The second kappa shape index (κ2) is 14.0. The molecular weight excluding hydrogens is 600 g/mol. The number of fused-ring (bicyclic) bond motifs is 1. The molecule has 44 heavy (non-hydrogen) atoms. The van der Waals surface area contributed by atoms with E-state index in [1.54, 1.807) is 24.5 Å². The lowest BCUT2D eigenvalue weighted by atomic mass is 9.96. The predicted molar refractivity (Wildman–Crippen MR) is 171 cm³/mol. The van der Waals surface area contributed by atoms with Crippen molar-refractivity contribution in [3.8, 4) is 17.2 Å². The molecule has 1 aromatic heterocycles. The highest BCUT2D eigenvalue weighted by Gasteiger charge is 2.33. The number of nitrogens with zero attached hydrogens (tertiary/aromatic N) is 2. The van der Waals surface area contributed by atoms with Gasteiger partial charge in [0.05, 0.1) is 41.7 Å². The Morgan fingerprint density at radius 3 is 2.43 bits per heavy atom. The van der Waals surface area contributed by atoms with Crippen LogP contribution in [0.5, 0.6) is 17.2 Å². The monoisotopic (exact) mass is 632 g/mol. The quantitative estimate of drug-likeness (QED) is 0.193. The number of carbonyl (C=O) groups excluding carboxylic acids is 1. The number of aromatic nitrogens is 1. The summed E-state index contributed by atoms with van der Waals surface area (Å²) in [7, 11) is 0. The van der Waals surface area contributed by atoms with Crippen molar-refractivity contribution in [1.29, 1.82) is 0 Å². The van der Waals surface area contributed by atoms with E-state index in [1.165, 1.54) is 11.3 Å². The van der Waals surface area contributed by atoms with Gasteiger partial charge in [-0.05, 0) is 86.9 Å². The third-order valence-electron chi connectivity index (χ3n) is 6.87. The second-order valence-corrected chi connectivity index (χ2v) is 11.3. The first-order chi connectivity index (χ1) is 21.3. The number of thiazole rings is 1. The minimum atomic E-state index is -0.704. The molecule has 2 heterocycles. The summed E-state index contributed by atoms with van der Waals surface area (Å²) in [6.45, 7) is 8.83. The standard InChI is InChI=1S/C34H33ClN2O6S/c1-5-40-26-14-12-24(13-15-26)31-30(33(39)42-7-3)21(4)36-34-37(31)32(38)29(44-34)19-22-11-16-27(28(18-22)41-6-2)43-20-23-9-8-10-25(35)17-23/h8-19,31H,5-7,20H2,1-4H3/b29-19-/t31-/m0/s1. The number of carbonyl (C=O) groups is 1. The van der Waals surface area contributed by atoms with E-state index in [0.717, 1.165) is 16.7 Å². The summed E-state index contributed by atoms with van der Waals surface area (Å²) in [5.41, 5.74) is 3.02. The van der Waals surface area contributed by atoms with Gasteiger partial charge in [-0.3, -0.25) is 9.36 Å². The molecule has 0 fully saturated rings. The molecule has 1 aliphatic rings. The minimum absolute atomic E-state index is 0.205. The lowest BCUT2D eigenvalue weighted by molar-refractivity contribution is -0.139. The van der Waals surface area contributed by atoms with E-state index in [9.17, 15) is 9.59 Å². The fourth-order valence-electron chi connectivity index (χ4n) is 4.96. The zero-order valence-corrected chi connectivity index (χ0v) is 26.5. The number of ether oxygens (including phenoxy) is 4. The molecule has 5 rings (SSSR count). The molecule has 4 aromatic rings. The molecule has 0 radical (unpaired) electrons. The summed E-state index contributed by atoms with van der Waals surface area (Å²) < 4.78 is 25.0. The normalized spacial score (nSPS) is 14.6. The van der Waals surface area contributed by atoms with E-state index < -0.39 is 12.0 Å². The molecule has 0 bridgehead atoms. The molecule has 10 heteroatoms. The van der Waals surface area contributed by atoms with Crippen LogP contribution < -0.4 is 29.1 Å². The SMILES string of the molecule is CCOC(=O)C1=C(C)N=c2s/c(=C\c3ccc(OCc4cccc(Cl)c4)c(OCC)c3)c(=O)n2[C@H]1c1ccc(OCC)cc1. The third kappa shape index (κ3) is 6.74. The number of halogens is 1. The van der Waals surface area contributed by atoms with E-state index in [4.69, 9.17) is 30.5 Å². The molecule has 0 spiro atoms. The Balaban J connectivity index is 1.54. The fourth-order valence-corrected chi connectivity index (χ4v) is 6.22. The number of hydrogen-bond acceptors (Lipinski definition) is 8. The topological polar surface area (TPSA) is 88.4 Å². The van der Waals surface area contributed by atoms with Gasteiger partial charge in [-0.15, -0.1) is 0 Å². The molecule has 0 saturated heterocycles. The fraction of sp³-hybridized carbons (Fsp3) is 0.265. The van der Waals surface area contributed by atoms with Gasteiger partial charge in [0, 0.05) is 5.02 Å². The first-order valence-corrected chi connectivity index (χ1v) is 15.6. The largest absolute Gasteiger partial charge is 0.494 e. The summed E-state index contributed by atoms with van der Waals surface area (Å²) >= 11 is 7.38. The summed E-state index contributed by atoms with van der Waals surface area (Å²) in [4.78, 5) is 32.3. The van der Waals surface area contributed by atoms with E-state index >= 15 is 0 Å². The molecule has 228 valence electrons. The Kier molecular flexibility index (Phi) is 9.87. The zero-order chi connectivity index (χ0) is 31.2. The van der Waals surface area contributed by atoms with Gasteiger partial charge < -0.3 is 18.9 Å². The Hall–Kier alpha value is -4.34. The number of allylic oxidation sites excluding steroid dienone is 1.